The summed E-state index contributed by atoms with van der Waals surface area (Å²) in [4.78, 5) is 0. The van der Waals surface area contributed by atoms with Crippen molar-refractivity contribution in [3.63, 3.8) is 0 Å². The normalized spacial score (nSPS) is 19.3. The van der Waals surface area contributed by atoms with Crippen LogP contribution in [0.3, 0.4) is 0 Å². The van der Waals surface area contributed by atoms with Gasteiger partial charge in [-0.2, -0.15) is 0 Å². The van der Waals surface area contributed by atoms with Crippen LogP contribution in [0.1, 0.15) is 36.5 Å². The average Bonchev–Trinajstić information content (AvgIpc) is 3.31. The number of rotatable bonds is 6. The Bertz CT molecular complexity index is 671. The van der Waals surface area contributed by atoms with E-state index >= 15 is 0 Å². The first kappa shape index (κ1) is 14.6. The standard InChI is InChI=1S/C21H24O2/c1-15-12-19-9-6-17(13-21(19)23-15)3-2-16-7-10-20(11-8-16)22-14-18-4-5-18/h6-11,13,15,18H,2-5,12,14H2,1H3/t15-/m0/s1. The van der Waals surface area contributed by atoms with Crippen LogP contribution in [-0.4, -0.2) is 12.7 Å². The lowest BCUT2D eigenvalue weighted by Gasteiger charge is -2.08. The largest absolute Gasteiger partial charge is 0.493 e. The van der Waals surface area contributed by atoms with Gasteiger partial charge in [0.1, 0.15) is 17.6 Å². The van der Waals surface area contributed by atoms with E-state index in [0.29, 0.717) is 6.10 Å². The molecule has 2 aromatic rings. The second kappa shape index (κ2) is 6.27. The molecule has 0 amide bonds. The van der Waals surface area contributed by atoms with Crippen LogP contribution < -0.4 is 9.47 Å². The van der Waals surface area contributed by atoms with E-state index in [1.807, 2.05) is 0 Å². The molecule has 0 unspecified atom stereocenters. The van der Waals surface area contributed by atoms with Gasteiger partial charge in [0, 0.05) is 6.42 Å². The molecule has 1 atom stereocenters. The minimum absolute atomic E-state index is 0.323. The summed E-state index contributed by atoms with van der Waals surface area (Å²) in [6.07, 6.45) is 6.13. The third kappa shape index (κ3) is 3.69. The van der Waals surface area contributed by atoms with Crippen LogP contribution in [0.2, 0.25) is 0 Å². The zero-order valence-corrected chi connectivity index (χ0v) is 13.8. The zero-order chi connectivity index (χ0) is 15.6. The van der Waals surface area contributed by atoms with Gasteiger partial charge in [-0.1, -0.05) is 24.3 Å². The van der Waals surface area contributed by atoms with Crippen LogP contribution in [0.4, 0.5) is 0 Å². The molecule has 0 N–H and O–H groups in total. The molecule has 23 heavy (non-hydrogen) atoms. The molecule has 4 rings (SSSR count). The number of hydrogen-bond donors (Lipinski definition) is 0. The fourth-order valence-corrected chi connectivity index (χ4v) is 3.14. The molecular weight excluding hydrogens is 284 g/mol. The van der Waals surface area contributed by atoms with Crippen molar-refractivity contribution in [1.29, 1.82) is 0 Å². The molecule has 0 aromatic heterocycles. The molecule has 2 aromatic carbocycles. The maximum Gasteiger partial charge on any atom is 0.123 e. The van der Waals surface area contributed by atoms with E-state index < -0.39 is 0 Å². The lowest BCUT2D eigenvalue weighted by molar-refractivity contribution is 0.254. The highest BCUT2D eigenvalue weighted by Gasteiger charge is 2.21. The molecule has 0 radical (unpaired) electrons. The first-order chi connectivity index (χ1) is 11.3. The first-order valence-corrected chi connectivity index (χ1v) is 8.76. The minimum Gasteiger partial charge on any atom is -0.493 e. The molecule has 0 saturated heterocycles. The van der Waals surface area contributed by atoms with Crippen LogP contribution in [0.5, 0.6) is 11.5 Å². The van der Waals surface area contributed by atoms with Crippen molar-refractivity contribution in [1.82, 2.24) is 0 Å². The molecular formula is C21H24O2. The molecule has 2 nitrogen and oxygen atoms in total. The number of aryl methyl sites for hydroxylation is 2. The Balaban J connectivity index is 1.32. The summed E-state index contributed by atoms with van der Waals surface area (Å²) in [5, 5.41) is 0. The van der Waals surface area contributed by atoms with Crippen molar-refractivity contribution in [2.45, 2.75) is 45.1 Å². The van der Waals surface area contributed by atoms with Gasteiger partial charge < -0.3 is 9.47 Å². The molecule has 1 aliphatic heterocycles. The molecule has 0 spiro atoms. The molecule has 2 heteroatoms. The van der Waals surface area contributed by atoms with Crippen LogP contribution in [0.15, 0.2) is 42.5 Å². The topological polar surface area (TPSA) is 18.5 Å². The van der Waals surface area contributed by atoms with Crippen molar-refractivity contribution in [3.8, 4) is 11.5 Å². The van der Waals surface area contributed by atoms with Gasteiger partial charge in [0.05, 0.1) is 6.61 Å². The van der Waals surface area contributed by atoms with Gasteiger partial charge in [-0.3, -0.25) is 0 Å². The Kier molecular flexibility index (Phi) is 3.99. The monoisotopic (exact) mass is 308 g/mol. The smallest absolute Gasteiger partial charge is 0.123 e. The van der Waals surface area contributed by atoms with Crippen molar-refractivity contribution in [2.75, 3.05) is 6.61 Å². The molecule has 1 saturated carbocycles. The van der Waals surface area contributed by atoms with E-state index in [1.54, 1.807) is 0 Å². The van der Waals surface area contributed by atoms with Gasteiger partial charge in [-0.15, -0.1) is 0 Å². The van der Waals surface area contributed by atoms with E-state index in [1.165, 1.54) is 29.5 Å². The summed E-state index contributed by atoms with van der Waals surface area (Å²) >= 11 is 0. The third-order valence-corrected chi connectivity index (χ3v) is 4.78. The highest BCUT2D eigenvalue weighted by atomic mass is 16.5. The molecule has 1 fully saturated rings. The van der Waals surface area contributed by atoms with Crippen molar-refractivity contribution in [3.05, 3.63) is 59.2 Å². The second-order valence-corrected chi connectivity index (χ2v) is 6.97. The third-order valence-electron chi connectivity index (χ3n) is 4.78. The van der Waals surface area contributed by atoms with Crippen molar-refractivity contribution >= 4 is 0 Å². The summed E-state index contributed by atoms with van der Waals surface area (Å²) in [5.41, 5.74) is 4.06. The highest BCUT2D eigenvalue weighted by Crippen LogP contribution is 2.30. The Morgan fingerprint density at radius 3 is 2.52 bits per heavy atom. The van der Waals surface area contributed by atoms with E-state index in [-0.39, 0.29) is 0 Å². The highest BCUT2D eigenvalue weighted by molar-refractivity contribution is 5.41. The van der Waals surface area contributed by atoms with Crippen molar-refractivity contribution < 1.29 is 9.47 Å². The van der Waals surface area contributed by atoms with E-state index in [2.05, 4.69) is 49.4 Å². The fraction of sp³-hybridized carbons (Fsp3) is 0.429. The van der Waals surface area contributed by atoms with Crippen LogP contribution >= 0.6 is 0 Å². The van der Waals surface area contributed by atoms with Gasteiger partial charge in [0.25, 0.3) is 0 Å². The van der Waals surface area contributed by atoms with E-state index in [9.17, 15) is 0 Å². The van der Waals surface area contributed by atoms with E-state index in [0.717, 1.165) is 43.3 Å². The zero-order valence-electron chi connectivity index (χ0n) is 13.8. The number of benzene rings is 2. The van der Waals surface area contributed by atoms with Crippen molar-refractivity contribution in [2.24, 2.45) is 5.92 Å². The quantitative estimate of drug-likeness (QED) is 0.777. The van der Waals surface area contributed by atoms with Crippen LogP contribution in [0, 0.1) is 5.92 Å². The Hall–Kier alpha value is -1.96. The SMILES string of the molecule is C[C@H]1Cc2ccc(CCc3ccc(OCC4CC4)cc3)cc2O1. The minimum atomic E-state index is 0.323. The number of fused-ring (bicyclic) bond motifs is 1. The van der Waals surface area contributed by atoms with Gasteiger partial charge in [0.15, 0.2) is 0 Å². The van der Waals surface area contributed by atoms with Gasteiger partial charge in [-0.05, 0) is 73.4 Å². The Labute approximate surface area is 138 Å². The van der Waals surface area contributed by atoms with Gasteiger partial charge in [0.2, 0.25) is 0 Å². The van der Waals surface area contributed by atoms with Gasteiger partial charge in [-0.25, -0.2) is 0 Å². The van der Waals surface area contributed by atoms with Crippen LogP contribution in [0.25, 0.3) is 0 Å². The average molecular weight is 308 g/mol. The predicted molar refractivity (Wildman–Crippen MR) is 92.3 cm³/mol. The van der Waals surface area contributed by atoms with Gasteiger partial charge >= 0.3 is 0 Å². The molecule has 1 heterocycles. The lowest BCUT2D eigenvalue weighted by atomic mass is 10.0. The Morgan fingerprint density at radius 2 is 1.74 bits per heavy atom. The Morgan fingerprint density at radius 1 is 1.00 bits per heavy atom. The second-order valence-electron chi connectivity index (χ2n) is 6.97. The van der Waals surface area contributed by atoms with E-state index in [4.69, 9.17) is 9.47 Å². The predicted octanol–water partition coefficient (Wildman–Crippen LogP) is 4.58. The van der Waals surface area contributed by atoms with Crippen LogP contribution in [-0.2, 0) is 19.3 Å². The lowest BCUT2D eigenvalue weighted by Crippen LogP contribution is -2.05. The maximum absolute atomic E-state index is 5.85. The first-order valence-electron chi connectivity index (χ1n) is 8.76. The fourth-order valence-electron chi connectivity index (χ4n) is 3.14. The number of ether oxygens (including phenoxy) is 2. The summed E-state index contributed by atoms with van der Waals surface area (Å²) < 4.78 is 11.6. The molecule has 0 bridgehead atoms. The summed E-state index contributed by atoms with van der Waals surface area (Å²) in [7, 11) is 0. The number of hydrogen-bond acceptors (Lipinski definition) is 2. The molecule has 120 valence electrons. The summed E-state index contributed by atoms with van der Waals surface area (Å²) in [6.45, 7) is 3.01. The maximum atomic E-state index is 5.85. The molecule has 1 aliphatic carbocycles. The summed E-state index contributed by atoms with van der Waals surface area (Å²) in [6, 6.07) is 15.3. The molecule has 2 aliphatic rings. The summed E-state index contributed by atoms with van der Waals surface area (Å²) in [5.74, 6) is 2.89.